The van der Waals surface area contributed by atoms with Crippen LogP contribution in [0, 0.1) is 0 Å². The highest BCUT2D eigenvalue weighted by Gasteiger charge is 2.00. The lowest BCUT2D eigenvalue weighted by Gasteiger charge is -2.03. The largest absolute Gasteiger partial charge is 0.486 e. The predicted octanol–water partition coefficient (Wildman–Crippen LogP) is 3.40. The van der Waals surface area contributed by atoms with Crippen LogP contribution in [-0.4, -0.2) is 9.97 Å². The summed E-state index contributed by atoms with van der Waals surface area (Å²) >= 11 is 9.10. The fraction of sp³-hybridized carbons (Fsp3) is 0.100. The van der Waals surface area contributed by atoms with Crippen molar-refractivity contribution in [2.75, 3.05) is 0 Å². The third-order valence-electron chi connectivity index (χ3n) is 1.77. The second-order valence-corrected chi connectivity index (χ2v) is 4.21. The monoisotopic (exact) mass is 286 g/mol. The van der Waals surface area contributed by atoms with Gasteiger partial charge in [0, 0.05) is 5.02 Å². The predicted molar refractivity (Wildman–Crippen MR) is 62.1 cm³/mol. The summed E-state index contributed by atoms with van der Waals surface area (Å²) in [6.07, 6.45) is 1.69. The van der Waals surface area contributed by atoms with Crippen LogP contribution in [-0.2, 0) is 6.61 Å². The summed E-state index contributed by atoms with van der Waals surface area (Å²) in [4.78, 5) is 7.10. The molecule has 1 heterocycles. The van der Waals surface area contributed by atoms with Crippen LogP contribution in [0.15, 0.2) is 35.1 Å². The van der Waals surface area contributed by atoms with Gasteiger partial charge in [-0.2, -0.15) is 0 Å². The number of H-pyrrole nitrogens is 1. The van der Waals surface area contributed by atoms with Crippen LogP contribution in [0.25, 0.3) is 0 Å². The molecule has 15 heavy (non-hydrogen) atoms. The van der Waals surface area contributed by atoms with Crippen molar-refractivity contribution in [3.8, 4) is 5.75 Å². The standard InChI is InChI=1S/C10H8BrClN2O/c11-9-5-13-10(14-9)6-15-8-3-1-2-7(12)4-8/h1-5H,6H2,(H,13,14). The molecule has 0 aliphatic rings. The first-order valence-electron chi connectivity index (χ1n) is 4.32. The minimum absolute atomic E-state index is 0.395. The van der Waals surface area contributed by atoms with E-state index in [9.17, 15) is 0 Å². The molecule has 78 valence electrons. The van der Waals surface area contributed by atoms with E-state index in [1.54, 1.807) is 18.3 Å². The Balaban J connectivity index is 1.99. The van der Waals surface area contributed by atoms with Gasteiger partial charge in [-0.05, 0) is 34.1 Å². The average Bonchev–Trinajstić information content (AvgIpc) is 2.62. The maximum absolute atomic E-state index is 5.82. The van der Waals surface area contributed by atoms with Gasteiger partial charge in [-0.15, -0.1) is 0 Å². The van der Waals surface area contributed by atoms with Crippen molar-refractivity contribution in [3.05, 3.63) is 45.9 Å². The maximum atomic E-state index is 5.82. The van der Waals surface area contributed by atoms with Crippen LogP contribution < -0.4 is 4.74 Å². The second-order valence-electron chi connectivity index (χ2n) is 2.92. The molecule has 0 radical (unpaired) electrons. The highest BCUT2D eigenvalue weighted by atomic mass is 79.9. The van der Waals surface area contributed by atoms with E-state index in [0.717, 1.165) is 16.2 Å². The number of aromatic amines is 1. The highest BCUT2D eigenvalue weighted by molar-refractivity contribution is 9.10. The summed E-state index contributed by atoms with van der Waals surface area (Å²) in [6.45, 7) is 0.395. The number of imidazole rings is 1. The fourth-order valence-corrected chi connectivity index (χ4v) is 1.63. The molecule has 1 aromatic carbocycles. The van der Waals surface area contributed by atoms with Crippen molar-refractivity contribution in [3.63, 3.8) is 0 Å². The molecule has 0 fully saturated rings. The summed E-state index contributed by atoms with van der Waals surface area (Å²) in [5.41, 5.74) is 0. The Morgan fingerprint density at radius 3 is 3.00 bits per heavy atom. The normalized spacial score (nSPS) is 10.3. The summed E-state index contributed by atoms with van der Waals surface area (Å²) in [5, 5.41) is 0.660. The summed E-state index contributed by atoms with van der Waals surface area (Å²) in [7, 11) is 0. The Kier molecular flexibility index (Phi) is 3.28. The smallest absolute Gasteiger partial charge is 0.146 e. The van der Waals surface area contributed by atoms with Gasteiger partial charge in [0.25, 0.3) is 0 Å². The van der Waals surface area contributed by atoms with Crippen molar-refractivity contribution in [2.24, 2.45) is 0 Å². The third-order valence-corrected chi connectivity index (χ3v) is 2.41. The number of nitrogens with one attached hydrogen (secondary N) is 1. The first kappa shape index (κ1) is 10.5. The number of rotatable bonds is 3. The van der Waals surface area contributed by atoms with Gasteiger partial charge in [0.2, 0.25) is 0 Å². The summed E-state index contributed by atoms with van der Waals surface area (Å²) in [6, 6.07) is 7.26. The number of hydrogen-bond acceptors (Lipinski definition) is 2. The van der Waals surface area contributed by atoms with Gasteiger partial charge in [-0.25, -0.2) is 4.98 Å². The Labute approximate surface area is 101 Å². The van der Waals surface area contributed by atoms with E-state index in [0.29, 0.717) is 11.6 Å². The highest BCUT2D eigenvalue weighted by Crippen LogP contribution is 2.18. The van der Waals surface area contributed by atoms with Crippen LogP contribution in [0.3, 0.4) is 0 Å². The molecule has 0 saturated heterocycles. The molecule has 0 atom stereocenters. The van der Waals surface area contributed by atoms with Gasteiger partial charge in [-0.3, -0.25) is 0 Å². The van der Waals surface area contributed by atoms with Crippen LogP contribution in [0.2, 0.25) is 5.02 Å². The molecule has 0 saturated carbocycles. The van der Waals surface area contributed by atoms with Gasteiger partial charge in [0.1, 0.15) is 22.8 Å². The molecular weight excluding hydrogens is 279 g/mol. The fourth-order valence-electron chi connectivity index (χ4n) is 1.12. The van der Waals surface area contributed by atoms with E-state index in [1.807, 2.05) is 12.1 Å². The molecule has 2 rings (SSSR count). The van der Waals surface area contributed by atoms with E-state index >= 15 is 0 Å². The van der Waals surface area contributed by atoms with Crippen molar-refractivity contribution in [1.29, 1.82) is 0 Å². The zero-order valence-electron chi connectivity index (χ0n) is 7.71. The summed E-state index contributed by atoms with van der Waals surface area (Å²) in [5.74, 6) is 1.50. The molecule has 2 aromatic rings. The van der Waals surface area contributed by atoms with E-state index in [1.165, 1.54) is 0 Å². The molecule has 0 spiro atoms. The molecule has 3 nitrogen and oxygen atoms in total. The van der Waals surface area contributed by atoms with Crippen LogP contribution in [0.5, 0.6) is 5.75 Å². The zero-order valence-corrected chi connectivity index (χ0v) is 10.0. The Morgan fingerprint density at radius 2 is 2.33 bits per heavy atom. The van der Waals surface area contributed by atoms with E-state index < -0.39 is 0 Å². The molecule has 0 aliphatic carbocycles. The first-order chi connectivity index (χ1) is 7.24. The van der Waals surface area contributed by atoms with Gasteiger partial charge >= 0.3 is 0 Å². The van der Waals surface area contributed by atoms with Gasteiger partial charge < -0.3 is 9.72 Å². The van der Waals surface area contributed by atoms with E-state index in [2.05, 4.69) is 25.9 Å². The Bertz CT molecular complexity index is 458. The van der Waals surface area contributed by atoms with Gasteiger partial charge in [0.15, 0.2) is 0 Å². The number of ether oxygens (including phenoxy) is 1. The second kappa shape index (κ2) is 4.68. The van der Waals surface area contributed by atoms with Crippen molar-refractivity contribution in [1.82, 2.24) is 9.97 Å². The Hall–Kier alpha value is -1.000. The van der Waals surface area contributed by atoms with Gasteiger partial charge in [-0.1, -0.05) is 17.7 Å². The number of hydrogen-bond donors (Lipinski definition) is 1. The molecule has 0 unspecified atom stereocenters. The average molecular weight is 288 g/mol. The lowest BCUT2D eigenvalue weighted by atomic mass is 10.3. The quantitative estimate of drug-likeness (QED) is 0.939. The SMILES string of the molecule is Clc1cccc(OCc2ncc(Br)[nH]2)c1. The van der Waals surface area contributed by atoms with Crippen molar-refractivity contribution < 1.29 is 4.74 Å². The summed E-state index contributed by atoms with van der Waals surface area (Å²) < 4.78 is 6.33. The molecule has 0 bridgehead atoms. The topological polar surface area (TPSA) is 37.9 Å². The van der Waals surface area contributed by atoms with E-state index in [-0.39, 0.29) is 0 Å². The Morgan fingerprint density at radius 1 is 1.47 bits per heavy atom. The molecule has 1 N–H and O–H groups in total. The zero-order chi connectivity index (χ0) is 10.7. The van der Waals surface area contributed by atoms with Crippen molar-refractivity contribution >= 4 is 27.5 Å². The lowest BCUT2D eigenvalue weighted by molar-refractivity contribution is 0.297. The number of halogens is 2. The van der Waals surface area contributed by atoms with Crippen LogP contribution >= 0.6 is 27.5 Å². The third kappa shape index (κ3) is 2.97. The van der Waals surface area contributed by atoms with E-state index in [4.69, 9.17) is 16.3 Å². The molecule has 5 heteroatoms. The molecule has 1 aromatic heterocycles. The molecule has 0 amide bonds. The number of nitrogens with zero attached hydrogens (tertiary/aromatic N) is 1. The minimum atomic E-state index is 0.395. The van der Waals surface area contributed by atoms with Crippen LogP contribution in [0.1, 0.15) is 5.82 Å². The first-order valence-corrected chi connectivity index (χ1v) is 5.49. The van der Waals surface area contributed by atoms with Crippen molar-refractivity contribution in [2.45, 2.75) is 6.61 Å². The molecular formula is C10H8BrClN2O. The van der Waals surface area contributed by atoms with Crippen LogP contribution in [0.4, 0.5) is 0 Å². The maximum Gasteiger partial charge on any atom is 0.146 e. The number of benzene rings is 1. The molecule has 0 aliphatic heterocycles. The number of aromatic nitrogens is 2. The lowest BCUT2D eigenvalue weighted by Crippen LogP contribution is -1.97. The minimum Gasteiger partial charge on any atom is -0.486 e. The van der Waals surface area contributed by atoms with Gasteiger partial charge in [0.05, 0.1) is 6.20 Å².